The maximum atomic E-state index is 11.9. The largest absolute Gasteiger partial charge is 0.444 e. The van der Waals surface area contributed by atoms with Gasteiger partial charge in [-0.3, -0.25) is 0 Å². The Balaban J connectivity index is 1.72. The molecule has 1 saturated carbocycles. The van der Waals surface area contributed by atoms with Gasteiger partial charge < -0.3 is 15.0 Å². The van der Waals surface area contributed by atoms with Crippen molar-refractivity contribution in [3.63, 3.8) is 0 Å². The monoisotopic (exact) mass is 318 g/mol. The van der Waals surface area contributed by atoms with Crippen LogP contribution in [0.25, 0.3) is 0 Å². The van der Waals surface area contributed by atoms with Gasteiger partial charge in [0.25, 0.3) is 0 Å². The van der Waals surface area contributed by atoms with Crippen molar-refractivity contribution in [3.05, 3.63) is 35.9 Å². The van der Waals surface area contributed by atoms with Gasteiger partial charge in [-0.15, -0.1) is 0 Å². The zero-order valence-corrected chi connectivity index (χ0v) is 14.8. The molecule has 1 aromatic rings. The second-order valence-electron chi connectivity index (χ2n) is 7.44. The third-order valence-corrected chi connectivity index (χ3v) is 3.99. The molecule has 128 valence electrons. The van der Waals surface area contributed by atoms with E-state index >= 15 is 0 Å². The molecule has 0 aliphatic heterocycles. The first-order valence-electron chi connectivity index (χ1n) is 8.59. The fourth-order valence-electron chi connectivity index (χ4n) is 2.65. The Kier molecular flexibility index (Phi) is 6.05. The van der Waals surface area contributed by atoms with Crippen molar-refractivity contribution in [2.75, 3.05) is 20.1 Å². The Hall–Kier alpha value is -1.55. The summed E-state index contributed by atoms with van der Waals surface area (Å²) < 4.78 is 5.36. The first kappa shape index (κ1) is 17.8. The molecule has 2 rings (SSSR count). The molecular formula is C19H30N2O2. The summed E-state index contributed by atoms with van der Waals surface area (Å²) in [5.41, 5.74) is 0.934. The molecule has 0 bridgehead atoms. The van der Waals surface area contributed by atoms with E-state index < -0.39 is 5.60 Å². The van der Waals surface area contributed by atoms with Crippen molar-refractivity contribution in [1.82, 2.24) is 10.2 Å². The number of amides is 1. The number of ether oxygens (including phenoxy) is 1. The van der Waals surface area contributed by atoms with Crippen molar-refractivity contribution >= 4 is 6.09 Å². The molecule has 4 heteroatoms. The van der Waals surface area contributed by atoms with Crippen LogP contribution < -0.4 is 5.32 Å². The maximum absolute atomic E-state index is 11.9. The van der Waals surface area contributed by atoms with Crippen LogP contribution in [0.5, 0.6) is 0 Å². The molecule has 0 aromatic heterocycles. The lowest BCUT2D eigenvalue weighted by Gasteiger charge is -2.25. The van der Waals surface area contributed by atoms with Crippen molar-refractivity contribution in [2.45, 2.75) is 51.7 Å². The molecule has 1 unspecified atom stereocenters. The predicted molar refractivity (Wildman–Crippen MR) is 93.4 cm³/mol. The summed E-state index contributed by atoms with van der Waals surface area (Å²) in [5.74, 6) is 0.765. The summed E-state index contributed by atoms with van der Waals surface area (Å²) in [4.78, 5) is 13.6. The fraction of sp³-hybridized carbons (Fsp3) is 0.632. The summed E-state index contributed by atoms with van der Waals surface area (Å²) in [6, 6.07) is 11.1. The van der Waals surface area contributed by atoms with Crippen molar-refractivity contribution in [2.24, 2.45) is 5.92 Å². The number of rotatable bonds is 7. The smallest absolute Gasteiger partial charge is 0.410 e. The molecular weight excluding hydrogens is 288 g/mol. The Morgan fingerprint density at radius 2 is 1.96 bits per heavy atom. The van der Waals surface area contributed by atoms with E-state index in [2.05, 4.69) is 35.6 Å². The third kappa shape index (κ3) is 6.22. The number of carbonyl (C=O) groups excluding carboxylic acids is 1. The van der Waals surface area contributed by atoms with E-state index in [-0.39, 0.29) is 6.09 Å². The molecule has 1 N–H and O–H groups in total. The first-order chi connectivity index (χ1) is 10.9. The van der Waals surface area contributed by atoms with E-state index in [9.17, 15) is 4.79 Å². The average molecular weight is 318 g/mol. The van der Waals surface area contributed by atoms with Gasteiger partial charge in [0.1, 0.15) is 5.60 Å². The number of hydrogen-bond acceptors (Lipinski definition) is 3. The van der Waals surface area contributed by atoms with Crippen LogP contribution in [0.3, 0.4) is 0 Å². The van der Waals surface area contributed by atoms with Crippen LogP contribution in [0.15, 0.2) is 30.3 Å². The summed E-state index contributed by atoms with van der Waals surface area (Å²) in [6.07, 6.45) is 3.29. The van der Waals surface area contributed by atoms with Crippen LogP contribution in [0.1, 0.15) is 51.6 Å². The van der Waals surface area contributed by atoms with Crippen LogP contribution in [-0.4, -0.2) is 36.7 Å². The van der Waals surface area contributed by atoms with Gasteiger partial charge >= 0.3 is 6.09 Å². The number of benzene rings is 1. The number of carbonyl (C=O) groups is 1. The zero-order chi connectivity index (χ0) is 16.9. The minimum atomic E-state index is -0.437. The van der Waals surface area contributed by atoms with Gasteiger partial charge in [0, 0.05) is 19.6 Å². The molecule has 0 spiro atoms. The van der Waals surface area contributed by atoms with Crippen LogP contribution in [0, 0.1) is 5.92 Å². The first-order valence-corrected chi connectivity index (χ1v) is 8.59. The molecule has 1 amide bonds. The molecule has 1 fully saturated rings. The molecule has 0 saturated heterocycles. The molecule has 1 aliphatic rings. The minimum absolute atomic E-state index is 0.251. The van der Waals surface area contributed by atoms with Crippen LogP contribution in [0.4, 0.5) is 4.79 Å². The summed E-state index contributed by atoms with van der Waals surface area (Å²) in [6.45, 7) is 7.28. The number of nitrogens with zero attached hydrogens (tertiary/aromatic N) is 1. The van der Waals surface area contributed by atoms with Gasteiger partial charge in [0.2, 0.25) is 0 Å². The lowest BCUT2D eigenvalue weighted by atomic mass is 10.0. The summed E-state index contributed by atoms with van der Waals surface area (Å²) in [7, 11) is 1.80. The predicted octanol–water partition coefficient (Wildman–Crippen LogP) is 3.98. The lowest BCUT2D eigenvalue weighted by Crippen LogP contribution is -2.36. The molecule has 1 aliphatic carbocycles. The fourth-order valence-corrected chi connectivity index (χ4v) is 2.65. The standard InChI is InChI=1S/C19H30N2O2/c1-19(2,3)23-18(22)21(4)14-8-13-20-17(16-11-12-16)15-9-6-5-7-10-15/h5-7,9-10,16-17,20H,8,11-14H2,1-4H3. The van der Waals surface area contributed by atoms with E-state index in [1.165, 1.54) is 18.4 Å². The van der Waals surface area contributed by atoms with E-state index in [0.29, 0.717) is 12.6 Å². The molecule has 4 nitrogen and oxygen atoms in total. The van der Waals surface area contributed by atoms with Gasteiger partial charge in [-0.25, -0.2) is 4.79 Å². The van der Waals surface area contributed by atoms with E-state index in [1.807, 2.05) is 20.8 Å². The van der Waals surface area contributed by atoms with E-state index in [1.54, 1.807) is 11.9 Å². The topological polar surface area (TPSA) is 41.6 Å². The van der Waals surface area contributed by atoms with Gasteiger partial charge in [-0.1, -0.05) is 30.3 Å². The van der Waals surface area contributed by atoms with Gasteiger partial charge in [-0.2, -0.15) is 0 Å². The highest BCUT2D eigenvalue weighted by atomic mass is 16.6. The Labute approximate surface area is 140 Å². The van der Waals surface area contributed by atoms with Gasteiger partial charge in [-0.05, 0) is 58.1 Å². The zero-order valence-electron chi connectivity index (χ0n) is 14.8. The van der Waals surface area contributed by atoms with E-state index in [4.69, 9.17) is 4.74 Å². The average Bonchev–Trinajstić information content (AvgIpc) is 3.30. The minimum Gasteiger partial charge on any atom is -0.444 e. The van der Waals surface area contributed by atoms with Crippen molar-refractivity contribution in [1.29, 1.82) is 0 Å². The second-order valence-corrected chi connectivity index (χ2v) is 7.44. The van der Waals surface area contributed by atoms with Crippen molar-refractivity contribution in [3.8, 4) is 0 Å². The molecule has 1 atom stereocenters. The highest BCUT2D eigenvalue weighted by molar-refractivity contribution is 5.67. The number of hydrogen-bond donors (Lipinski definition) is 1. The SMILES string of the molecule is CN(CCCNC(c1ccccc1)C1CC1)C(=O)OC(C)(C)C. The molecule has 1 aromatic carbocycles. The number of nitrogens with one attached hydrogen (secondary N) is 1. The Morgan fingerprint density at radius 1 is 1.30 bits per heavy atom. The Morgan fingerprint density at radius 3 is 2.52 bits per heavy atom. The quantitative estimate of drug-likeness (QED) is 0.773. The van der Waals surface area contributed by atoms with Crippen LogP contribution in [0.2, 0.25) is 0 Å². The van der Waals surface area contributed by atoms with E-state index in [0.717, 1.165) is 18.9 Å². The van der Waals surface area contributed by atoms with Gasteiger partial charge in [0.15, 0.2) is 0 Å². The Bertz CT molecular complexity index is 492. The van der Waals surface area contributed by atoms with Gasteiger partial charge in [0.05, 0.1) is 0 Å². The molecule has 23 heavy (non-hydrogen) atoms. The molecule has 0 heterocycles. The maximum Gasteiger partial charge on any atom is 0.410 e. The van der Waals surface area contributed by atoms with Crippen molar-refractivity contribution < 1.29 is 9.53 Å². The normalized spacial score (nSPS) is 16.0. The second kappa shape index (κ2) is 7.82. The highest BCUT2D eigenvalue weighted by Crippen LogP contribution is 2.40. The summed E-state index contributed by atoms with van der Waals surface area (Å²) in [5, 5.41) is 3.66. The lowest BCUT2D eigenvalue weighted by molar-refractivity contribution is 0.0297. The third-order valence-electron chi connectivity index (χ3n) is 3.99. The summed E-state index contributed by atoms with van der Waals surface area (Å²) >= 11 is 0. The molecule has 0 radical (unpaired) electrons. The van der Waals surface area contributed by atoms with Crippen LogP contribution in [-0.2, 0) is 4.74 Å². The van der Waals surface area contributed by atoms with Crippen LogP contribution >= 0.6 is 0 Å². The highest BCUT2D eigenvalue weighted by Gasteiger charge is 2.31.